The van der Waals surface area contributed by atoms with Gasteiger partial charge in [-0.25, -0.2) is 0 Å². The van der Waals surface area contributed by atoms with Crippen molar-refractivity contribution in [2.45, 2.75) is 44.2 Å². The van der Waals surface area contributed by atoms with Crippen molar-refractivity contribution in [3.05, 3.63) is 0 Å². The number of rotatable bonds is 7. The molecular weight excluding hydrogens is 216 g/mol. The fourth-order valence-electron chi connectivity index (χ4n) is 2.63. The number of nitrogens with zero attached hydrogens (tertiary/aromatic N) is 1. The number of nitrogens with two attached hydrogens (primary N) is 1. The van der Waals surface area contributed by atoms with Gasteiger partial charge in [-0.05, 0) is 12.8 Å². The van der Waals surface area contributed by atoms with E-state index in [9.17, 15) is 0 Å². The minimum atomic E-state index is 0.311. The number of methoxy groups -OCH3 is 2. The highest BCUT2D eigenvalue weighted by atomic mass is 16.5. The third-order valence-corrected chi connectivity index (χ3v) is 3.67. The Bertz CT molecular complexity index is 182. The molecule has 2 N–H and O–H groups in total. The Kier molecular flexibility index (Phi) is 7.77. The highest BCUT2D eigenvalue weighted by Crippen LogP contribution is 2.21. The van der Waals surface area contributed by atoms with Crippen LogP contribution in [0.5, 0.6) is 0 Å². The first-order chi connectivity index (χ1) is 8.29. The number of ether oxygens (including phenoxy) is 2. The van der Waals surface area contributed by atoms with Crippen molar-refractivity contribution in [1.82, 2.24) is 4.90 Å². The Morgan fingerprint density at radius 2 is 1.59 bits per heavy atom. The van der Waals surface area contributed by atoms with Crippen LogP contribution in [-0.4, -0.2) is 57.5 Å². The molecule has 102 valence electrons. The number of hydrogen-bond donors (Lipinski definition) is 1. The van der Waals surface area contributed by atoms with Gasteiger partial charge >= 0.3 is 0 Å². The predicted molar refractivity (Wildman–Crippen MR) is 70.2 cm³/mol. The summed E-state index contributed by atoms with van der Waals surface area (Å²) in [6, 6.07) is 0.814. The molecule has 1 rings (SSSR count). The van der Waals surface area contributed by atoms with E-state index in [0.29, 0.717) is 12.1 Å². The van der Waals surface area contributed by atoms with E-state index >= 15 is 0 Å². The van der Waals surface area contributed by atoms with Gasteiger partial charge in [-0.1, -0.05) is 19.3 Å². The maximum Gasteiger partial charge on any atom is 0.0589 e. The van der Waals surface area contributed by atoms with Gasteiger partial charge < -0.3 is 15.2 Å². The second kappa shape index (κ2) is 8.86. The van der Waals surface area contributed by atoms with Gasteiger partial charge in [-0.3, -0.25) is 4.90 Å². The molecule has 4 nitrogen and oxygen atoms in total. The van der Waals surface area contributed by atoms with E-state index in [1.165, 1.54) is 25.7 Å². The summed E-state index contributed by atoms with van der Waals surface area (Å²) >= 11 is 0. The summed E-state index contributed by atoms with van der Waals surface area (Å²) in [5.41, 5.74) is 6.30. The summed E-state index contributed by atoms with van der Waals surface area (Å²) in [6.07, 6.45) is 6.28. The van der Waals surface area contributed by atoms with Crippen molar-refractivity contribution in [3.8, 4) is 0 Å². The van der Waals surface area contributed by atoms with Crippen LogP contribution in [-0.2, 0) is 9.47 Å². The van der Waals surface area contributed by atoms with Crippen molar-refractivity contribution in [2.75, 3.05) is 40.5 Å². The maximum atomic E-state index is 6.30. The summed E-state index contributed by atoms with van der Waals surface area (Å²) in [5.74, 6) is 0. The smallest absolute Gasteiger partial charge is 0.0589 e. The van der Waals surface area contributed by atoms with Crippen LogP contribution in [0.25, 0.3) is 0 Å². The lowest BCUT2D eigenvalue weighted by atomic mass is 10.0. The average molecular weight is 244 g/mol. The largest absolute Gasteiger partial charge is 0.383 e. The van der Waals surface area contributed by atoms with Crippen LogP contribution < -0.4 is 5.73 Å². The van der Waals surface area contributed by atoms with E-state index < -0.39 is 0 Å². The summed E-state index contributed by atoms with van der Waals surface area (Å²) < 4.78 is 10.4. The van der Waals surface area contributed by atoms with Gasteiger partial charge in [0.1, 0.15) is 0 Å². The van der Waals surface area contributed by atoms with E-state index in [0.717, 1.165) is 32.7 Å². The Balaban J connectivity index is 2.51. The first kappa shape index (κ1) is 14.9. The summed E-state index contributed by atoms with van der Waals surface area (Å²) in [4.78, 5) is 2.45. The maximum absolute atomic E-state index is 6.30. The molecule has 0 aromatic carbocycles. The molecule has 0 spiro atoms. The van der Waals surface area contributed by atoms with Crippen LogP contribution in [0, 0.1) is 0 Å². The second-order valence-corrected chi connectivity index (χ2v) is 4.89. The van der Waals surface area contributed by atoms with Gasteiger partial charge in [0.15, 0.2) is 0 Å². The normalized spacial score (nSPS) is 26.1. The van der Waals surface area contributed by atoms with Crippen molar-refractivity contribution < 1.29 is 9.47 Å². The highest BCUT2D eigenvalue weighted by molar-refractivity contribution is 4.84. The van der Waals surface area contributed by atoms with Crippen LogP contribution >= 0.6 is 0 Å². The molecule has 1 aliphatic carbocycles. The minimum Gasteiger partial charge on any atom is -0.383 e. The SMILES string of the molecule is COCCN(CCOC)C1CCCCCC1N. The van der Waals surface area contributed by atoms with Gasteiger partial charge in [-0.2, -0.15) is 0 Å². The Labute approximate surface area is 105 Å². The molecule has 0 aliphatic heterocycles. The molecule has 0 heterocycles. The van der Waals surface area contributed by atoms with E-state index in [1.54, 1.807) is 14.2 Å². The highest BCUT2D eigenvalue weighted by Gasteiger charge is 2.25. The van der Waals surface area contributed by atoms with Crippen LogP contribution in [0.15, 0.2) is 0 Å². The Morgan fingerprint density at radius 1 is 1.00 bits per heavy atom. The molecule has 0 bridgehead atoms. The Hall–Kier alpha value is -0.160. The van der Waals surface area contributed by atoms with Crippen LogP contribution in [0.2, 0.25) is 0 Å². The molecular formula is C13H28N2O2. The van der Waals surface area contributed by atoms with Crippen LogP contribution in [0.4, 0.5) is 0 Å². The van der Waals surface area contributed by atoms with Gasteiger partial charge in [0, 0.05) is 39.4 Å². The van der Waals surface area contributed by atoms with Gasteiger partial charge in [-0.15, -0.1) is 0 Å². The van der Waals surface area contributed by atoms with E-state index in [4.69, 9.17) is 15.2 Å². The molecule has 0 amide bonds. The molecule has 1 fully saturated rings. The molecule has 0 radical (unpaired) electrons. The molecule has 2 atom stereocenters. The third-order valence-electron chi connectivity index (χ3n) is 3.67. The molecule has 0 aromatic rings. The molecule has 4 heteroatoms. The summed E-state index contributed by atoms with van der Waals surface area (Å²) in [5, 5.41) is 0. The fourth-order valence-corrected chi connectivity index (χ4v) is 2.63. The second-order valence-electron chi connectivity index (χ2n) is 4.89. The lowest BCUT2D eigenvalue weighted by Gasteiger charge is -2.34. The first-order valence-electron chi connectivity index (χ1n) is 6.77. The minimum absolute atomic E-state index is 0.311. The standard InChI is InChI=1S/C13H28N2O2/c1-16-10-8-15(9-11-17-2)13-7-5-3-4-6-12(13)14/h12-13H,3-11,14H2,1-2H3. The molecule has 0 saturated heterocycles. The van der Waals surface area contributed by atoms with E-state index in [1.807, 2.05) is 0 Å². The quantitative estimate of drug-likeness (QED) is 0.685. The fraction of sp³-hybridized carbons (Fsp3) is 1.00. The zero-order valence-electron chi connectivity index (χ0n) is 11.4. The molecule has 1 aliphatic rings. The zero-order valence-corrected chi connectivity index (χ0v) is 11.4. The zero-order chi connectivity index (χ0) is 12.5. The topological polar surface area (TPSA) is 47.7 Å². The average Bonchev–Trinajstić information content (AvgIpc) is 2.55. The van der Waals surface area contributed by atoms with Crippen LogP contribution in [0.1, 0.15) is 32.1 Å². The first-order valence-corrected chi connectivity index (χ1v) is 6.77. The summed E-state index contributed by atoms with van der Waals surface area (Å²) in [6.45, 7) is 3.45. The van der Waals surface area contributed by atoms with Crippen molar-refractivity contribution in [3.63, 3.8) is 0 Å². The summed E-state index contributed by atoms with van der Waals surface area (Å²) in [7, 11) is 3.50. The molecule has 2 unspecified atom stereocenters. The van der Waals surface area contributed by atoms with Crippen molar-refractivity contribution >= 4 is 0 Å². The lowest BCUT2D eigenvalue weighted by Crippen LogP contribution is -2.49. The van der Waals surface area contributed by atoms with Gasteiger partial charge in [0.2, 0.25) is 0 Å². The van der Waals surface area contributed by atoms with Crippen LogP contribution in [0.3, 0.4) is 0 Å². The third kappa shape index (κ3) is 5.34. The van der Waals surface area contributed by atoms with E-state index in [-0.39, 0.29) is 0 Å². The monoisotopic (exact) mass is 244 g/mol. The van der Waals surface area contributed by atoms with Crippen molar-refractivity contribution in [1.29, 1.82) is 0 Å². The lowest BCUT2D eigenvalue weighted by molar-refractivity contribution is 0.0758. The van der Waals surface area contributed by atoms with E-state index in [2.05, 4.69) is 4.90 Å². The molecule has 0 aromatic heterocycles. The predicted octanol–water partition coefficient (Wildman–Crippen LogP) is 1.24. The van der Waals surface area contributed by atoms with Crippen molar-refractivity contribution in [2.24, 2.45) is 5.73 Å². The Morgan fingerprint density at radius 3 is 2.18 bits per heavy atom. The van der Waals surface area contributed by atoms with Gasteiger partial charge in [0.25, 0.3) is 0 Å². The number of hydrogen-bond acceptors (Lipinski definition) is 4. The molecule has 17 heavy (non-hydrogen) atoms. The van der Waals surface area contributed by atoms with Gasteiger partial charge in [0.05, 0.1) is 13.2 Å². The molecule has 1 saturated carbocycles.